The topological polar surface area (TPSA) is 35.6 Å². The summed E-state index contributed by atoms with van der Waals surface area (Å²) in [6, 6.07) is 14.8. The summed E-state index contributed by atoms with van der Waals surface area (Å²) < 4.78 is 13.6. The molecule has 1 atom stereocenters. The highest BCUT2D eigenvalue weighted by molar-refractivity contribution is 5.84. The molecule has 3 rings (SSSR count). The lowest BCUT2D eigenvalue weighted by Gasteiger charge is -2.37. The molecule has 0 bridgehead atoms. The van der Waals surface area contributed by atoms with Crippen LogP contribution in [0.4, 0.5) is 15.8 Å². The molecule has 0 spiro atoms. The number of amides is 1. The van der Waals surface area contributed by atoms with Crippen molar-refractivity contribution in [1.82, 2.24) is 4.90 Å². The summed E-state index contributed by atoms with van der Waals surface area (Å²) in [5.74, 6) is -0.213. The number of carbonyl (C=O) groups is 1. The van der Waals surface area contributed by atoms with E-state index in [0.717, 1.165) is 13.1 Å². The van der Waals surface area contributed by atoms with E-state index in [2.05, 4.69) is 22.3 Å². The second-order valence-corrected chi connectivity index (χ2v) is 6.48. The molecule has 25 heavy (non-hydrogen) atoms. The van der Waals surface area contributed by atoms with E-state index in [1.807, 2.05) is 30.0 Å². The van der Waals surface area contributed by atoms with Crippen LogP contribution in [0.25, 0.3) is 0 Å². The Hall–Kier alpha value is -2.56. The fraction of sp³-hybridized carbons (Fsp3) is 0.350. The van der Waals surface area contributed by atoms with Gasteiger partial charge in [0.15, 0.2) is 0 Å². The molecule has 2 aromatic carbocycles. The smallest absolute Gasteiger partial charge is 0.244 e. The molecule has 1 aliphatic heterocycles. The molecule has 132 valence electrons. The third kappa shape index (κ3) is 4.10. The molecular formula is C20H24FN3O. The number of hydrogen-bond acceptors (Lipinski definition) is 3. The van der Waals surface area contributed by atoms with Crippen molar-refractivity contribution in [3.8, 4) is 0 Å². The minimum atomic E-state index is -0.384. The van der Waals surface area contributed by atoms with Crippen molar-refractivity contribution in [2.45, 2.75) is 19.9 Å². The molecule has 1 heterocycles. The second-order valence-electron chi connectivity index (χ2n) is 6.48. The Morgan fingerprint density at radius 1 is 1.08 bits per heavy atom. The zero-order valence-corrected chi connectivity index (χ0v) is 14.7. The van der Waals surface area contributed by atoms with Gasteiger partial charge in [-0.3, -0.25) is 4.79 Å². The Morgan fingerprint density at radius 2 is 1.76 bits per heavy atom. The third-order valence-corrected chi connectivity index (χ3v) is 4.64. The molecule has 1 amide bonds. The van der Waals surface area contributed by atoms with E-state index in [9.17, 15) is 9.18 Å². The van der Waals surface area contributed by atoms with E-state index in [0.29, 0.717) is 24.3 Å². The molecule has 1 unspecified atom stereocenters. The van der Waals surface area contributed by atoms with Crippen molar-refractivity contribution in [3.05, 3.63) is 59.9 Å². The van der Waals surface area contributed by atoms with Crippen LogP contribution in [0.1, 0.15) is 12.5 Å². The average Bonchev–Trinajstić information content (AvgIpc) is 2.65. The van der Waals surface area contributed by atoms with E-state index >= 15 is 0 Å². The summed E-state index contributed by atoms with van der Waals surface area (Å²) in [5.41, 5.74) is 2.42. The van der Waals surface area contributed by atoms with Crippen LogP contribution >= 0.6 is 0 Å². The van der Waals surface area contributed by atoms with Gasteiger partial charge in [0.2, 0.25) is 5.91 Å². The molecule has 0 saturated carbocycles. The largest absolute Gasteiger partial charge is 0.374 e. The Bertz CT molecular complexity index is 727. The van der Waals surface area contributed by atoms with Gasteiger partial charge in [-0.2, -0.15) is 0 Å². The summed E-state index contributed by atoms with van der Waals surface area (Å²) >= 11 is 0. The lowest BCUT2D eigenvalue weighted by Crippen LogP contribution is -2.52. The molecule has 0 radical (unpaired) electrons. The number of piperazine rings is 1. The number of halogens is 1. The van der Waals surface area contributed by atoms with Gasteiger partial charge in [0.1, 0.15) is 11.9 Å². The third-order valence-electron chi connectivity index (χ3n) is 4.64. The predicted octanol–water partition coefficient (Wildman–Crippen LogP) is 3.28. The number of anilines is 2. The van der Waals surface area contributed by atoms with Gasteiger partial charge in [-0.05, 0) is 43.7 Å². The number of carbonyl (C=O) groups excluding carboxylic acids is 1. The van der Waals surface area contributed by atoms with Crippen molar-refractivity contribution in [2.24, 2.45) is 0 Å². The Morgan fingerprint density at radius 3 is 2.40 bits per heavy atom. The van der Waals surface area contributed by atoms with E-state index < -0.39 is 0 Å². The van der Waals surface area contributed by atoms with Crippen LogP contribution in [0.3, 0.4) is 0 Å². The van der Waals surface area contributed by atoms with Crippen LogP contribution in [-0.4, -0.2) is 43.0 Å². The van der Waals surface area contributed by atoms with E-state index in [1.54, 1.807) is 19.1 Å². The molecule has 1 N–H and O–H groups in total. The molecule has 1 aliphatic rings. The van der Waals surface area contributed by atoms with Crippen molar-refractivity contribution >= 4 is 17.3 Å². The Balaban J connectivity index is 1.55. The van der Waals surface area contributed by atoms with Crippen LogP contribution in [0.15, 0.2) is 48.5 Å². The maximum absolute atomic E-state index is 13.6. The monoisotopic (exact) mass is 341 g/mol. The van der Waals surface area contributed by atoms with Gasteiger partial charge in [0.25, 0.3) is 0 Å². The highest BCUT2D eigenvalue weighted by Crippen LogP contribution is 2.18. The number of nitrogens with zero attached hydrogens (tertiary/aromatic N) is 2. The van der Waals surface area contributed by atoms with Gasteiger partial charge >= 0.3 is 0 Å². The van der Waals surface area contributed by atoms with Gasteiger partial charge < -0.3 is 15.1 Å². The van der Waals surface area contributed by atoms with Gasteiger partial charge in [0.05, 0.1) is 0 Å². The van der Waals surface area contributed by atoms with E-state index in [1.165, 1.54) is 11.8 Å². The fourth-order valence-electron chi connectivity index (χ4n) is 3.09. The molecule has 4 nitrogen and oxygen atoms in total. The van der Waals surface area contributed by atoms with Crippen LogP contribution in [0, 0.1) is 12.7 Å². The summed E-state index contributed by atoms with van der Waals surface area (Å²) in [6.07, 6.45) is 0. The number of para-hydroxylation sites is 1. The Kier molecular flexibility index (Phi) is 5.22. The first-order valence-corrected chi connectivity index (χ1v) is 8.66. The quantitative estimate of drug-likeness (QED) is 0.927. The SMILES string of the molecule is Cc1ccc(NC(C)C(=O)N2CCN(c3ccccc3)CC2)cc1F. The zero-order chi connectivity index (χ0) is 17.8. The van der Waals surface area contributed by atoms with Crippen LogP contribution in [-0.2, 0) is 4.79 Å². The normalized spacial score (nSPS) is 15.8. The first kappa shape index (κ1) is 17.3. The number of nitrogens with one attached hydrogen (secondary N) is 1. The predicted molar refractivity (Wildman–Crippen MR) is 99.5 cm³/mol. The maximum Gasteiger partial charge on any atom is 0.244 e. The van der Waals surface area contributed by atoms with Gasteiger partial charge in [-0.15, -0.1) is 0 Å². The molecule has 0 aliphatic carbocycles. The van der Waals surface area contributed by atoms with Gasteiger partial charge in [-0.25, -0.2) is 4.39 Å². The highest BCUT2D eigenvalue weighted by Gasteiger charge is 2.25. The fourth-order valence-corrected chi connectivity index (χ4v) is 3.09. The summed E-state index contributed by atoms with van der Waals surface area (Å²) in [6.45, 7) is 6.58. The van der Waals surface area contributed by atoms with E-state index in [-0.39, 0.29) is 17.8 Å². The van der Waals surface area contributed by atoms with Crippen LogP contribution < -0.4 is 10.2 Å². The van der Waals surface area contributed by atoms with Crippen molar-refractivity contribution < 1.29 is 9.18 Å². The van der Waals surface area contributed by atoms with Gasteiger partial charge in [-0.1, -0.05) is 24.3 Å². The number of hydrogen-bond donors (Lipinski definition) is 1. The molecule has 5 heteroatoms. The second kappa shape index (κ2) is 7.55. The van der Waals surface area contributed by atoms with Crippen molar-refractivity contribution in [2.75, 3.05) is 36.4 Å². The molecule has 0 aromatic heterocycles. The lowest BCUT2D eigenvalue weighted by molar-refractivity contribution is -0.131. The Labute approximate surface area is 148 Å². The summed E-state index contributed by atoms with van der Waals surface area (Å²) in [7, 11) is 0. The number of aryl methyl sites for hydroxylation is 1. The van der Waals surface area contributed by atoms with Crippen molar-refractivity contribution in [3.63, 3.8) is 0 Å². The molecule has 1 saturated heterocycles. The first-order valence-electron chi connectivity index (χ1n) is 8.66. The van der Waals surface area contributed by atoms with E-state index in [4.69, 9.17) is 0 Å². The molecule has 1 fully saturated rings. The summed E-state index contributed by atoms with van der Waals surface area (Å²) in [4.78, 5) is 16.8. The number of benzene rings is 2. The summed E-state index contributed by atoms with van der Waals surface area (Å²) in [5, 5.41) is 3.11. The lowest BCUT2D eigenvalue weighted by atomic mass is 10.2. The van der Waals surface area contributed by atoms with Crippen molar-refractivity contribution in [1.29, 1.82) is 0 Å². The molecule has 2 aromatic rings. The van der Waals surface area contributed by atoms with Gasteiger partial charge in [0, 0.05) is 37.6 Å². The van der Waals surface area contributed by atoms with Crippen LogP contribution in [0.2, 0.25) is 0 Å². The first-order chi connectivity index (χ1) is 12.0. The number of rotatable bonds is 4. The molecular weight excluding hydrogens is 317 g/mol. The minimum absolute atomic E-state index is 0.0497. The zero-order valence-electron chi connectivity index (χ0n) is 14.7. The standard InChI is InChI=1S/C20H24FN3O/c1-15-8-9-17(14-19(15)21)22-16(2)20(25)24-12-10-23(11-13-24)18-6-4-3-5-7-18/h3-9,14,16,22H,10-13H2,1-2H3. The average molecular weight is 341 g/mol. The maximum atomic E-state index is 13.6. The van der Waals surface area contributed by atoms with Crippen LogP contribution in [0.5, 0.6) is 0 Å². The minimum Gasteiger partial charge on any atom is -0.374 e. The highest BCUT2D eigenvalue weighted by atomic mass is 19.1.